The largest absolute Gasteiger partial charge is 0.409 e. The van der Waals surface area contributed by atoms with Crippen molar-refractivity contribution >= 4 is 5.84 Å². The summed E-state index contributed by atoms with van der Waals surface area (Å²) in [7, 11) is 0. The van der Waals surface area contributed by atoms with E-state index >= 15 is 0 Å². The van der Waals surface area contributed by atoms with E-state index in [0.717, 1.165) is 29.5 Å². The minimum Gasteiger partial charge on any atom is -0.409 e. The Morgan fingerprint density at radius 2 is 1.95 bits per heavy atom. The number of oxime groups is 1. The van der Waals surface area contributed by atoms with Crippen LogP contribution in [0.15, 0.2) is 29.4 Å². The minimum atomic E-state index is 0.204. The third-order valence-electron chi connectivity index (χ3n) is 4.60. The molecule has 0 bridgehead atoms. The van der Waals surface area contributed by atoms with Crippen molar-refractivity contribution in [1.82, 2.24) is 4.90 Å². The SMILES string of the molecule is N/C(=N/O)c1ccccc1CN1CC2CCCC2C1. The second-order valence-corrected chi connectivity index (χ2v) is 5.79. The van der Waals surface area contributed by atoms with Crippen molar-refractivity contribution in [3.63, 3.8) is 0 Å². The average molecular weight is 259 g/mol. The van der Waals surface area contributed by atoms with Gasteiger partial charge in [0, 0.05) is 25.2 Å². The summed E-state index contributed by atoms with van der Waals surface area (Å²) in [5.74, 6) is 2.00. The Hall–Kier alpha value is -1.55. The molecule has 1 aromatic rings. The molecule has 2 atom stereocenters. The Balaban J connectivity index is 1.74. The first-order chi connectivity index (χ1) is 9.28. The standard InChI is InChI=1S/C15H21N3O/c16-15(17-19)14-7-2-1-4-13(14)10-18-8-11-5-3-6-12(11)9-18/h1-2,4,7,11-12,19H,3,5-6,8-10H2,(H2,16,17). The first kappa shape index (κ1) is 12.5. The lowest BCUT2D eigenvalue weighted by molar-refractivity contribution is 0.302. The summed E-state index contributed by atoms with van der Waals surface area (Å²) in [6.45, 7) is 3.31. The molecule has 1 aliphatic carbocycles. The molecular weight excluding hydrogens is 238 g/mol. The minimum absolute atomic E-state index is 0.204. The van der Waals surface area contributed by atoms with E-state index in [1.54, 1.807) is 0 Å². The second kappa shape index (κ2) is 5.21. The van der Waals surface area contributed by atoms with Crippen molar-refractivity contribution in [3.8, 4) is 0 Å². The molecule has 1 heterocycles. The van der Waals surface area contributed by atoms with Crippen molar-refractivity contribution in [2.75, 3.05) is 13.1 Å². The van der Waals surface area contributed by atoms with E-state index in [2.05, 4.69) is 16.1 Å². The maximum atomic E-state index is 8.85. The van der Waals surface area contributed by atoms with Crippen LogP contribution in [-0.2, 0) is 6.54 Å². The van der Waals surface area contributed by atoms with Crippen LogP contribution in [0, 0.1) is 11.8 Å². The zero-order valence-corrected chi connectivity index (χ0v) is 11.1. The van der Waals surface area contributed by atoms with Crippen LogP contribution < -0.4 is 5.73 Å². The van der Waals surface area contributed by atoms with Crippen molar-refractivity contribution in [2.45, 2.75) is 25.8 Å². The van der Waals surface area contributed by atoms with Gasteiger partial charge in [0.25, 0.3) is 0 Å². The lowest BCUT2D eigenvalue weighted by atomic mass is 10.0. The summed E-state index contributed by atoms with van der Waals surface area (Å²) in [6, 6.07) is 7.93. The Bertz CT molecular complexity index is 474. The third kappa shape index (κ3) is 2.45. The zero-order chi connectivity index (χ0) is 13.2. The number of amidine groups is 1. The highest BCUT2D eigenvalue weighted by atomic mass is 16.4. The monoisotopic (exact) mass is 259 g/mol. The Morgan fingerprint density at radius 1 is 1.26 bits per heavy atom. The third-order valence-corrected chi connectivity index (χ3v) is 4.60. The number of nitrogens with zero attached hydrogens (tertiary/aromatic N) is 2. The Labute approximate surface area is 113 Å². The summed E-state index contributed by atoms with van der Waals surface area (Å²) >= 11 is 0. The highest BCUT2D eigenvalue weighted by Crippen LogP contribution is 2.38. The van der Waals surface area contributed by atoms with Gasteiger partial charge in [-0.15, -0.1) is 0 Å². The number of hydrogen-bond acceptors (Lipinski definition) is 3. The van der Waals surface area contributed by atoms with E-state index in [0.29, 0.717) is 0 Å². The molecule has 0 amide bonds. The molecular formula is C15H21N3O. The van der Waals surface area contributed by atoms with Crippen LogP contribution >= 0.6 is 0 Å². The van der Waals surface area contributed by atoms with Crippen LogP contribution in [0.25, 0.3) is 0 Å². The van der Waals surface area contributed by atoms with Gasteiger partial charge in [0.05, 0.1) is 0 Å². The Morgan fingerprint density at radius 3 is 2.63 bits per heavy atom. The van der Waals surface area contributed by atoms with Gasteiger partial charge < -0.3 is 10.9 Å². The van der Waals surface area contributed by atoms with E-state index in [1.807, 2.05) is 18.2 Å². The van der Waals surface area contributed by atoms with Gasteiger partial charge in [0.15, 0.2) is 5.84 Å². The molecule has 0 radical (unpaired) electrons. The first-order valence-corrected chi connectivity index (χ1v) is 7.06. The molecule has 4 heteroatoms. The van der Waals surface area contributed by atoms with E-state index in [1.165, 1.54) is 32.4 Å². The quantitative estimate of drug-likeness (QED) is 0.378. The van der Waals surface area contributed by atoms with Gasteiger partial charge in [-0.2, -0.15) is 0 Å². The topological polar surface area (TPSA) is 61.9 Å². The number of nitrogens with two attached hydrogens (primary N) is 1. The summed E-state index contributed by atoms with van der Waals surface area (Å²) in [5.41, 5.74) is 7.74. The zero-order valence-electron chi connectivity index (χ0n) is 11.1. The van der Waals surface area contributed by atoms with Crippen LogP contribution in [-0.4, -0.2) is 29.0 Å². The molecule has 4 nitrogen and oxygen atoms in total. The second-order valence-electron chi connectivity index (χ2n) is 5.79. The normalized spacial score (nSPS) is 27.7. The molecule has 0 aromatic heterocycles. The van der Waals surface area contributed by atoms with Crippen molar-refractivity contribution in [2.24, 2.45) is 22.7 Å². The van der Waals surface area contributed by atoms with Crippen molar-refractivity contribution < 1.29 is 5.21 Å². The lowest BCUT2D eigenvalue weighted by Crippen LogP contribution is -2.24. The van der Waals surface area contributed by atoms with Gasteiger partial charge in [-0.05, 0) is 30.2 Å². The molecule has 3 N–H and O–H groups in total. The highest BCUT2D eigenvalue weighted by molar-refractivity contribution is 5.98. The molecule has 102 valence electrons. The van der Waals surface area contributed by atoms with E-state index in [4.69, 9.17) is 10.9 Å². The highest BCUT2D eigenvalue weighted by Gasteiger charge is 2.35. The summed E-state index contributed by atoms with van der Waals surface area (Å²) in [5, 5.41) is 12.0. The fraction of sp³-hybridized carbons (Fsp3) is 0.533. The van der Waals surface area contributed by atoms with Gasteiger partial charge in [0.1, 0.15) is 0 Å². The lowest BCUT2D eigenvalue weighted by Gasteiger charge is -2.18. The van der Waals surface area contributed by atoms with E-state index < -0.39 is 0 Å². The molecule has 3 rings (SSSR count). The van der Waals surface area contributed by atoms with E-state index in [9.17, 15) is 0 Å². The molecule has 1 aliphatic heterocycles. The van der Waals surface area contributed by atoms with Crippen LogP contribution in [0.1, 0.15) is 30.4 Å². The predicted octanol–water partition coefficient (Wildman–Crippen LogP) is 2.01. The van der Waals surface area contributed by atoms with Crippen molar-refractivity contribution in [1.29, 1.82) is 0 Å². The fourth-order valence-corrected chi connectivity index (χ4v) is 3.66. The molecule has 19 heavy (non-hydrogen) atoms. The molecule has 2 aliphatic rings. The van der Waals surface area contributed by atoms with Crippen LogP contribution in [0.4, 0.5) is 0 Å². The van der Waals surface area contributed by atoms with Crippen LogP contribution in [0.5, 0.6) is 0 Å². The fourth-order valence-electron chi connectivity index (χ4n) is 3.66. The number of fused-ring (bicyclic) bond motifs is 1. The van der Waals surface area contributed by atoms with Gasteiger partial charge in [-0.25, -0.2) is 0 Å². The molecule has 0 spiro atoms. The molecule has 1 saturated heterocycles. The number of likely N-dealkylation sites (tertiary alicyclic amines) is 1. The van der Waals surface area contributed by atoms with Gasteiger partial charge in [-0.3, -0.25) is 4.90 Å². The summed E-state index contributed by atoms with van der Waals surface area (Å²) < 4.78 is 0. The maximum absolute atomic E-state index is 8.85. The van der Waals surface area contributed by atoms with Crippen LogP contribution in [0.2, 0.25) is 0 Å². The van der Waals surface area contributed by atoms with E-state index in [-0.39, 0.29) is 5.84 Å². The molecule has 1 aromatic carbocycles. The van der Waals surface area contributed by atoms with Gasteiger partial charge >= 0.3 is 0 Å². The van der Waals surface area contributed by atoms with Crippen molar-refractivity contribution in [3.05, 3.63) is 35.4 Å². The van der Waals surface area contributed by atoms with Gasteiger partial charge in [-0.1, -0.05) is 35.8 Å². The Kier molecular flexibility index (Phi) is 3.42. The first-order valence-electron chi connectivity index (χ1n) is 7.06. The summed E-state index contributed by atoms with van der Waals surface area (Å²) in [4.78, 5) is 2.51. The van der Waals surface area contributed by atoms with Gasteiger partial charge in [0.2, 0.25) is 0 Å². The molecule has 1 saturated carbocycles. The average Bonchev–Trinajstić information content (AvgIpc) is 2.99. The number of hydrogen-bond donors (Lipinski definition) is 2. The smallest absolute Gasteiger partial charge is 0.170 e. The summed E-state index contributed by atoms with van der Waals surface area (Å²) in [6.07, 6.45) is 4.19. The maximum Gasteiger partial charge on any atom is 0.170 e. The van der Waals surface area contributed by atoms with Crippen LogP contribution in [0.3, 0.4) is 0 Å². The molecule has 2 fully saturated rings. The molecule has 2 unspecified atom stereocenters. The predicted molar refractivity (Wildman–Crippen MR) is 75.1 cm³/mol. The number of rotatable bonds is 3. The number of benzene rings is 1.